The predicted molar refractivity (Wildman–Crippen MR) is 54.9 cm³/mol. The minimum atomic E-state index is -1.24. The van der Waals surface area contributed by atoms with E-state index in [4.69, 9.17) is 14.9 Å². The predicted octanol–water partition coefficient (Wildman–Crippen LogP) is -0.493. The first kappa shape index (κ1) is 12.9. The number of carbonyl (C=O) groups excluding carboxylic acids is 1. The first-order valence-electron chi connectivity index (χ1n) is 5.21. The molecule has 1 aliphatic carbocycles. The lowest BCUT2D eigenvalue weighted by Gasteiger charge is -2.40. The lowest BCUT2D eigenvalue weighted by atomic mass is 9.77. The number of amides is 1. The Morgan fingerprint density at radius 1 is 1.50 bits per heavy atom. The molecule has 1 amide bonds. The SMILES string of the molecule is COC1(CC(=O)NC(CO)C(=O)O)CCC1. The molecular weight excluding hydrogens is 214 g/mol. The number of hydrogen-bond donors (Lipinski definition) is 3. The second-order valence-corrected chi connectivity index (χ2v) is 4.06. The third-order valence-electron chi connectivity index (χ3n) is 3.00. The molecule has 0 aromatic carbocycles. The molecule has 6 heteroatoms. The number of hydrogen-bond acceptors (Lipinski definition) is 4. The van der Waals surface area contributed by atoms with Crippen molar-refractivity contribution in [2.24, 2.45) is 0 Å². The van der Waals surface area contributed by atoms with Crippen LogP contribution in [0.1, 0.15) is 25.7 Å². The Morgan fingerprint density at radius 3 is 2.44 bits per heavy atom. The summed E-state index contributed by atoms with van der Waals surface area (Å²) in [7, 11) is 1.55. The molecule has 1 rings (SSSR count). The van der Waals surface area contributed by atoms with Crippen molar-refractivity contribution < 1.29 is 24.5 Å². The van der Waals surface area contributed by atoms with Crippen LogP contribution in [0.25, 0.3) is 0 Å². The van der Waals surface area contributed by atoms with E-state index in [1.54, 1.807) is 7.11 Å². The van der Waals surface area contributed by atoms with Gasteiger partial charge in [0, 0.05) is 7.11 Å². The number of nitrogens with one attached hydrogen (secondary N) is 1. The number of aliphatic carboxylic acids is 1. The largest absolute Gasteiger partial charge is 0.480 e. The van der Waals surface area contributed by atoms with Gasteiger partial charge in [-0.15, -0.1) is 0 Å². The maximum atomic E-state index is 11.5. The van der Waals surface area contributed by atoms with Gasteiger partial charge in [-0.05, 0) is 19.3 Å². The highest BCUT2D eigenvalue weighted by atomic mass is 16.5. The van der Waals surface area contributed by atoms with Crippen molar-refractivity contribution in [1.29, 1.82) is 0 Å². The molecule has 1 fully saturated rings. The summed E-state index contributed by atoms with van der Waals surface area (Å²) in [5, 5.41) is 19.6. The van der Waals surface area contributed by atoms with Crippen molar-refractivity contribution >= 4 is 11.9 Å². The molecule has 92 valence electrons. The van der Waals surface area contributed by atoms with Crippen molar-refractivity contribution in [1.82, 2.24) is 5.32 Å². The van der Waals surface area contributed by atoms with Gasteiger partial charge in [0.25, 0.3) is 0 Å². The van der Waals surface area contributed by atoms with Gasteiger partial charge in [-0.1, -0.05) is 0 Å². The summed E-state index contributed by atoms with van der Waals surface area (Å²) in [5.41, 5.74) is -0.428. The van der Waals surface area contributed by atoms with Crippen molar-refractivity contribution in [3.63, 3.8) is 0 Å². The quantitative estimate of drug-likeness (QED) is 0.573. The second kappa shape index (κ2) is 5.27. The summed E-state index contributed by atoms with van der Waals surface area (Å²) in [6, 6.07) is -1.23. The zero-order valence-corrected chi connectivity index (χ0v) is 9.23. The number of carboxylic acid groups (broad SMARTS) is 1. The molecule has 0 aromatic heterocycles. The third-order valence-corrected chi connectivity index (χ3v) is 3.00. The number of ether oxygens (including phenoxy) is 1. The molecule has 3 N–H and O–H groups in total. The van der Waals surface area contributed by atoms with Crippen molar-refractivity contribution in [2.75, 3.05) is 13.7 Å². The van der Waals surface area contributed by atoms with Crippen LogP contribution in [-0.2, 0) is 14.3 Å². The van der Waals surface area contributed by atoms with Gasteiger partial charge in [-0.2, -0.15) is 0 Å². The molecule has 6 nitrogen and oxygen atoms in total. The van der Waals surface area contributed by atoms with Gasteiger partial charge in [-0.3, -0.25) is 4.79 Å². The van der Waals surface area contributed by atoms with E-state index in [9.17, 15) is 9.59 Å². The van der Waals surface area contributed by atoms with Gasteiger partial charge in [0.1, 0.15) is 6.04 Å². The molecule has 0 aromatic rings. The monoisotopic (exact) mass is 231 g/mol. The Morgan fingerprint density at radius 2 is 2.12 bits per heavy atom. The van der Waals surface area contributed by atoms with E-state index in [0.29, 0.717) is 0 Å². The number of aliphatic hydroxyl groups is 1. The van der Waals surface area contributed by atoms with E-state index in [2.05, 4.69) is 5.32 Å². The molecule has 0 saturated heterocycles. The van der Waals surface area contributed by atoms with E-state index in [1.807, 2.05) is 0 Å². The normalized spacial score (nSPS) is 19.6. The molecule has 0 bridgehead atoms. The van der Waals surface area contributed by atoms with Crippen molar-refractivity contribution in [2.45, 2.75) is 37.3 Å². The highest BCUT2D eigenvalue weighted by molar-refractivity contribution is 5.84. The Labute approximate surface area is 93.6 Å². The number of rotatable bonds is 6. The molecule has 1 unspecified atom stereocenters. The minimum Gasteiger partial charge on any atom is -0.480 e. The summed E-state index contributed by atoms with van der Waals surface area (Å²) in [6.45, 7) is -0.610. The van der Waals surface area contributed by atoms with E-state index < -0.39 is 30.1 Å². The fourth-order valence-corrected chi connectivity index (χ4v) is 1.75. The Bertz CT molecular complexity index is 269. The van der Waals surface area contributed by atoms with Crippen LogP contribution in [0.2, 0.25) is 0 Å². The molecular formula is C10H17NO5. The fourth-order valence-electron chi connectivity index (χ4n) is 1.75. The summed E-state index contributed by atoms with van der Waals surface area (Å²) in [4.78, 5) is 22.1. The average molecular weight is 231 g/mol. The van der Waals surface area contributed by atoms with Crippen LogP contribution in [0.15, 0.2) is 0 Å². The van der Waals surface area contributed by atoms with Gasteiger partial charge in [0.05, 0.1) is 18.6 Å². The first-order valence-corrected chi connectivity index (χ1v) is 5.21. The average Bonchev–Trinajstić information content (AvgIpc) is 2.19. The zero-order chi connectivity index (χ0) is 12.2. The smallest absolute Gasteiger partial charge is 0.328 e. The van der Waals surface area contributed by atoms with E-state index >= 15 is 0 Å². The third kappa shape index (κ3) is 2.93. The van der Waals surface area contributed by atoms with Gasteiger partial charge in [0.2, 0.25) is 5.91 Å². The van der Waals surface area contributed by atoms with Crippen molar-refractivity contribution in [3.05, 3.63) is 0 Å². The van der Waals surface area contributed by atoms with E-state index in [0.717, 1.165) is 19.3 Å². The standard InChI is InChI=1S/C10H17NO5/c1-16-10(3-2-4-10)5-8(13)11-7(6-12)9(14)15/h7,12H,2-6H2,1H3,(H,11,13)(H,14,15). The lowest BCUT2D eigenvalue weighted by molar-refractivity contribution is -0.145. The molecule has 1 saturated carbocycles. The zero-order valence-electron chi connectivity index (χ0n) is 9.23. The maximum Gasteiger partial charge on any atom is 0.328 e. The Hall–Kier alpha value is -1.14. The Kier molecular flexibility index (Phi) is 4.26. The van der Waals surface area contributed by atoms with E-state index in [1.165, 1.54) is 0 Å². The van der Waals surface area contributed by atoms with Crippen LogP contribution in [-0.4, -0.2) is 47.4 Å². The minimum absolute atomic E-state index is 0.146. The molecule has 0 spiro atoms. The number of methoxy groups -OCH3 is 1. The fraction of sp³-hybridized carbons (Fsp3) is 0.800. The van der Waals surface area contributed by atoms with Crippen LogP contribution < -0.4 is 5.32 Å². The summed E-state index contributed by atoms with van der Waals surface area (Å²) >= 11 is 0. The van der Waals surface area contributed by atoms with Crippen LogP contribution in [0.3, 0.4) is 0 Å². The highest BCUT2D eigenvalue weighted by Crippen LogP contribution is 2.37. The molecule has 0 heterocycles. The van der Waals surface area contributed by atoms with Crippen LogP contribution in [0, 0.1) is 0 Å². The van der Waals surface area contributed by atoms with Gasteiger partial charge < -0.3 is 20.3 Å². The molecule has 0 aliphatic heterocycles. The first-order chi connectivity index (χ1) is 7.53. The van der Waals surface area contributed by atoms with Gasteiger partial charge in [-0.25, -0.2) is 4.79 Å². The molecule has 1 aliphatic rings. The van der Waals surface area contributed by atoms with E-state index in [-0.39, 0.29) is 6.42 Å². The Balaban J connectivity index is 2.43. The molecule has 1 atom stereocenters. The van der Waals surface area contributed by atoms with Gasteiger partial charge in [0.15, 0.2) is 0 Å². The highest BCUT2D eigenvalue weighted by Gasteiger charge is 2.39. The van der Waals surface area contributed by atoms with Crippen molar-refractivity contribution in [3.8, 4) is 0 Å². The summed E-state index contributed by atoms with van der Waals surface area (Å²) < 4.78 is 5.25. The topological polar surface area (TPSA) is 95.9 Å². The van der Waals surface area contributed by atoms with Crippen LogP contribution in [0.5, 0.6) is 0 Å². The molecule has 16 heavy (non-hydrogen) atoms. The van der Waals surface area contributed by atoms with Crippen LogP contribution in [0.4, 0.5) is 0 Å². The maximum absolute atomic E-state index is 11.5. The number of aliphatic hydroxyl groups excluding tert-OH is 1. The van der Waals surface area contributed by atoms with Gasteiger partial charge >= 0.3 is 5.97 Å². The lowest BCUT2D eigenvalue weighted by Crippen LogP contribution is -2.48. The summed E-state index contributed by atoms with van der Waals surface area (Å²) in [6.07, 6.45) is 2.79. The number of carboxylic acids is 1. The molecule has 0 radical (unpaired) electrons. The summed E-state index contributed by atoms with van der Waals surface area (Å²) in [5.74, 6) is -1.64. The number of carbonyl (C=O) groups is 2. The van der Waals surface area contributed by atoms with Crippen LogP contribution >= 0.6 is 0 Å². The second-order valence-electron chi connectivity index (χ2n) is 4.06.